The molecule has 0 bridgehead atoms. The van der Waals surface area contributed by atoms with Crippen LogP contribution in [-0.2, 0) is 22.4 Å². The lowest BCUT2D eigenvalue weighted by Crippen LogP contribution is -2.34. The SMILES string of the molecule is CC1C=CC=CC1C(CO)C(=O)Nc1nnc(CCCCc2nnc(NC(=O)C(CO)c3ccccc3)s2)s1. The minimum Gasteiger partial charge on any atom is -0.396 e. The second-order valence-electron chi connectivity index (χ2n) is 9.33. The molecule has 4 unspecified atom stereocenters. The molecule has 4 rings (SSSR count). The van der Waals surface area contributed by atoms with Crippen molar-refractivity contribution >= 4 is 44.8 Å². The number of anilines is 2. The molecule has 0 radical (unpaired) electrons. The van der Waals surface area contributed by atoms with E-state index in [1.165, 1.54) is 22.7 Å². The van der Waals surface area contributed by atoms with E-state index in [0.717, 1.165) is 28.4 Å². The van der Waals surface area contributed by atoms with Gasteiger partial charge in [-0.1, -0.05) is 84.2 Å². The first-order valence-corrected chi connectivity index (χ1v) is 14.5. The second kappa shape index (κ2) is 14.2. The Balaban J connectivity index is 1.20. The van der Waals surface area contributed by atoms with E-state index in [1.54, 1.807) is 12.1 Å². The lowest BCUT2D eigenvalue weighted by Gasteiger charge is -2.27. The fraction of sp³-hybridized carbons (Fsp3) is 0.407. The zero-order valence-corrected chi connectivity index (χ0v) is 23.2. The number of hydrogen-bond acceptors (Lipinski definition) is 10. The van der Waals surface area contributed by atoms with Crippen LogP contribution >= 0.6 is 22.7 Å². The summed E-state index contributed by atoms with van der Waals surface area (Å²) < 4.78 is 0. The molecule has 12 heteroatoms. The third-order valence-electron chi connectivity index (χ3n) is 6.59. The van der Waals surface area contributed by atoms with Gasteiger partial charge >= 0.3 is 0 Å². The molecule has 1 aromatic carbocycles. The number of aliphatic hydroxyl groups excluding tert-OH is 2. The van der Waals surface area contributed by atoms with E-state index in [0.29, 0.717) is 23.1 Å². The van der Waals surface area contributed by atoms with Crippen molar-refractivity contribution in [2.24, 2.45) is 17.8 Å². The van der Waals surface area contributed by atoms with Gasteiger partial charge < -0.3 is 15.5 Å². The molecule has 2 aromatic heterocycles. The van der Waals surface area contributed by atoms with Gasteiger partial charge in [0.2, 0.25) is 22.1 Å². The lowest BCUT2D eigenvalue weighted by atomic mass is 9.80. The van der Waals surface area contributed by atoms with Crippen LogP contribution in [0.2, 0.25) is 0 Å². The highest BCUT2D eigenvalue weighted by Gasteiger charge is 2.30. The summed E-state index contributed by atoms with van der Waals surface area (Å²) in [4.78, 5) is 25.4. The smallest absolute Gasteiger partial charge is 0.236 e. The van der Waals surface area contributed by atoms with Gasteiger partial charge in [-0.05, 0) is 30.2 Å². The van der Waals surface area contributed by atoms with Crippen LogP contribution in [0.5, 0.6) is 0 Å². The van der Waals surface area contributed by atoms with Crippen LogP contribution in [0.25, 0.3) is 0 Å². The number of hydrogen-bond donors (Lipinski definition) is 4. The van der Waals surface area contributed by atoms with E-state index in [2.05, 4.69) is 31.0 Å². The Morgan fingerprint density at radius 2 is 1.44 bits per heavy atom. The lowest BCUT2D eigenvalue weighted by molar-refractivity contribution is -0.122. The topological polar surface area (TPSA) is 150 Å². The third-order valence-corrected chi connectivity index (χ3v) is 8.39. The maximum absolute atomic E-state index is 12.8. The molecular formula is C27H32N6O4S2. The van der Waals surface area contributed by atoms with Gasteiger partial charge in [-0.15, -0.1) is 20.4 Å². The molecule has 0 saturated carbocycles. The Hall–Kier alpha value is -3.32. The van der Waals surface area contributed by atoms with Crippen LogP contribution in [-0.4, -0.2) is 55.6 Å². The molecule has 4 atom stereocenters. The van der Waals surface area contributed by atoms with Gasteiger partial charge in [-0.2, -0.15) is 0 Å². The van der Waals surface area contributed by atoms with Crippen molar-refractivity contribution in [2.75, 3.05) is 23.8 Å². The van der Waals surface area contributed by atoms with Gasteiger partial charge in [0, 0.05) is 12.8 Å². The van der Waals surface area contributed by atoms with Crippen molar-refractivity contribution in [3.8, 4) is 0 Å². The summed E-state index contributed by atoms with van der Waals surface area (Å²) >= 11 is 2.66. The molecule has 0 aliphatic heterocycles. The molecule has 0 saturated heterocycles. The zero-order valence-electron chi connectivity index (χ0n) is 21.6. The van der Waals surface area contributed by atoms with E-state index in [9.17, 15) is 19.8 Å². The van der Waals surface area contributed by atoms with Crippen molar-refractivity contribution < 1.29 is 19.8 Å². The van der Waals surface area contributed by atoms with E-state index >= 15 is 0 Å². The highest BCUT2D eigenvalue weighted by atomic mass is 32.1. The third kappa shape index (κ3) is 7.85. The van der Waals surface area contributed by atoms with Crippen LogP contribution < -0.4 is 10.6 Å². The summed E-state index contributed by atoms with van der Waals surface area (Å²) in [5.41, 5.74) is 0.739. The van der Waals surface area contributed by atoms with Crippen molar-refractivity contribution in [3.63, 3.8) is 0 Å². The van der Waals surface area contributed by atoms with Crippen LogP contribution in [0, 0.1) is 17.8 Å². The van der Waals surface area contributed by atoms with Gasteiger partial charge in [0.05, 0.1) is 25.0 Å². The van der Waals surface area contributed by atoms with Crippen molar-refractivity contribution in [1.82, 2.24) is 20.4 Å². The van der Waals surface area contributed by atoms with Gasteiger partial charge in [0.1, 0.15) is 10.0 Å². The number of amides is 2. The van der Waals surface area contributed by atoms with Gasteiger partial charge in [-0.3, -0.25) is 14.9 Å². The molecule has 0 spiro atoms. The van der Waals surface area contributed by atoms with Gasteiger partial charge in [0.25, 0.3) is 0 Å². The first-order valence-electron chi connectivity index (χ1n) is 12.9. The van der Waals surface area contributed by atoms with Crippen molar-refractivity contribution in [3.05, 3.63) is 70.2 Å². The fourth-order valence-electron chi connectivity index (χ4n) is 4.39. The van der Waals surface area contributed by atoms with Crippen LogP contribution in [0.3, 0.4) is 0 Å². The number of aliphatic hydroxyl groups is 2. The molecule has 206 valence electrons. The summed E-state index contributed by atoms with van der Waals surface area (Å²) in [5.74, 6) is -1.71. The van der Waals surface area contributed by atoms with E-state index in [1.807, 2.05) is 49.4 Å². The molecule has 10 nitrogen and oxygen atoms in total. The number of carbonyl (C=O) groups excluding carboxylic acids is 2. The second-order valence-corrected chi connectivity index (χ2v) is 11.5. The summed E-state index contributed by atoms with van der Waals surface area (Å²) in [6.07, 6.45) is 11.0. The minimum absolute atomic E-state index is 0.0680. The Morgan fingerprint density at radius 3 is 2.00 bits per heavy atom. The summed E-state index contributed by atoms with van der Waals surface area (Å²) in [5, 5.41) is 44.0. The quantitative estimate of drug-likeness (QED) is 0.229. The molecule has 4 N–H and O–H groups in total. The van der Waals surface area contributed by atoms with Crippen LogP contribution in [0.15, 0.2) is 54.6 Å². The Labute approximate surface area is 234 Å². The monoisotopic (exact) mass is 568 g/mol. The minimum atomic E-state index is -0.667. The Kier molecular flexibility index (Phi) is 10.4. The summed E-state index contributed by atoms with van der Waals surface area (Å²) in [6, 6.07) is 9.12. The molecule has 39 heavy (non-hydrogen) atoms. The molecular weight excluding hydrogens is 536 g/mol. The maximum atomic E-state index is 12.8. The number of allylic oxidation sites excluding steroid dienone is 4. The number of aryl methyl sites for hydroxylation is 2. The molecule has 1 aliphatic rings. The van der Waals surface area contributed by atoms with Crippen molar-refractivity contribution in [1.29, 1.82) is 0 Å². The Bertz CT molecular complexity index is 1290. The standard InChI is InChI=1S/C27H32N6O4S2/c1-17-9-5-6-12-19(17)21(16-35)25(37)29-27-33-31-23(39-27)14-8-7-13-22-30-32-26(38-22)28-24(36)20(15-34)18-10-3-2-4-11-18/h2-6,9-12,17,19-21,34-35H,7-8,13-16H2,1H3,(H,28,32,36)(H,29,33,37). The maximum Gasteiger partial charge on any atom is 0.236 e. The first kappa shape index (κ1) is 28.7. The number of carbonyl (C=O) groups is 2. The fourth-order valence-corrected chi connectivity index (χ4v) is 5.96. The van der Waals surface area contributed by atoms with Crippen LogP contribution in [0.1, 0.15) is 41.3 Å². The van der Waals surface area contributed by atoms with Gasteiger partial charge in [-0.25, -0.2) is 0 Å². The number of rotatable bonds is 13. The average Bonchev–Trinajstić information content (AvgIpc) is 3.58. The van der Waals surface area contributed by atoms with E-state index in [-0.39, 0.29) is 36.9 Å². The average molecular weight is 569 g/mol. The molecule has 3 aromatic rings. The molecule has 0 fully saturated rings. The predicted octanol–water partition coefficient (Wildman–Crippen LogP) is 3.59. The van der Waals surface area contributed by atoms with E-state index < -0.39 is 11.8 Å². The number of aromatic nitrogens is 4. The highest BCUT2D eigenvalue weighted by molar-refractivity contribution is 7.15. The van der Waals surface area contributed by atoms with Gasteiger partial charge in [0.15, 0.2) is 0 Å². The van der Waals surface area contributed by atoms with Crippen molar-refractivity contribution in [2.45, 2.75) is 38.5 Å². The largest absolute Gasteiger partial charge is 0.396 e. The molecule has 2 heterocycles. The van der Waals surface area contributed by atoms with Crippen LogP contribution in [0.4, 0.5) is 10.3 Å². The number of nitrogens with one attached hydrogen (secondary N) is 2. The highest BCUT2D eigenvalue weighted by Crippen LogP contribution is 2.28. The molecule has 2 amide bonds. The number of unbranched alkanes of at least 4 members (excludes halogenated alkanes) is 1. The summed E-state index contributed by atoms with van der Waals surface area (Å²) in [6.45, 7) is 1.49. The van der Waals surface area contributed by atoms with E-state index in [4.69, 9.17) is 0 Å². The molecule has 1 aliphatic carbocycles. The summed E-state index contributed by atoms with van der Waals surface area (Å²) in [7, 11) is 0. The normalized spacial score (nSPS) is 18.0. The first-order chi connectivity index (χ1) is 19.0. The Morgan fingerprint density at radius 1 is 0.846 bits per heavy atom. The number of benzene rings is 1. The number of nitrogens with zero attached hydrogens (tertiary/aromatic N) is 4. The zero-order chi connectivity index (χ0) is 27.6. The predicted molar refractivity (Wildman–Crippen MR) is 151 cm³/mol.